The summed E-state index contributed by atoms with van der Waals surface area (Å²) in [5, 5.41) is 11.7. The van der Waals surface area contributed by atoms with Crippen molar-refractivity contribution in [2.24, 2.45) is 0 Å². The molecule has 41 heavy (non-hydrogen) atoms. The van der Waals surface area contributed by atoms with Gasteiger partial charge in [-0.15, -0.1) is 0 Å². The van der Waals surface area contributed by atoms with E-state index in [0.717, 1.165) is 11.1 Å². The predicted octanol–water partition coefficient (Wildman–Crippen LogP) is 7.26. The first kappa shape index (κ1) is 28.8. The van der Waals surface area contributed by atoms with Gasteiger partial charge in [-0.25, -0.2) is 4.68 Å². The summed E-state index contributed by atoms with van der Waals surface area (Å²) in [6.07, 6.45) is 1.44. The number of ether oxygens (including phenoxy) is 3. The Morgan fingerprint density at radius 1 is 1.12 bits per heavy atom. The smallest absolute Gasteiger partial charge is 0.255 e. The van der Waals surface area contributed by atoms with Gasteiger partial charge in [-0.2, -0.15) is 10.1 Å². The second-order valence-electron chi connectivity index (χ2n) is 9.04. The van der Waals surface area contributed by atoms with Gasteiger partial charge in [0, 0.05) is 21.3 Å². The lowest BCUT2D eigenvalue weighted by atomic mass is 9.94. The number of halogens is 3. The number of aromatic nitrogens is 3. The summed E-state index contributed by atoms with van der Waals surface area (Å²) in [4.78, 5) is 18.2. The third kappa shape index (κ3) is 6.00. The number of fused-ring (bicyclic) bond motifs is 1. The van der Waals surface area contributed by atoms with Crippen LogP contribution < -0.4 is 24.8 Å². The van der Waals surface area contributed by atoms with Gasteiger partial charge in [0.2, 0.25) is 5.95 Å². The van der Waals surface area contributed by atoms with Gasteiger partial charge < -0.3 is 24.8 Å². The Kier molecular flexibility index (Phi) is 8.72. The number of hydrogen-bond donors (Lipinski definition) is 2. The van der Waals surface area contributed by atoms with Crippen molar-refractivity contribution in [2.75, 3.05) is 24.4 Å². The van der Waals surface area contributed by atoms with Crippen molar-refractivity contribution in [2.45, 2.75) is 26.5 Å². The number of allylic oxidation sites excluding steroid dienone is 1. The number of rotatable bonds is 9. The largest absolute Gasteiger partial charge is 0.493 e. The molecule has 0 aliphatic carbocycles. The molecule has 1 aromatic heterocycles. The van der Waals surface area contributed by atoms with E-state index in [2.05, 4.69) is 36.6 Å². The second-order valence-corrected chi connectivity index (χ2v) is 10.7. The first-order chi connectivity index (χ1) is 19.8. The number of benzene rings is 3. The molecule has 0 saturated carbocycles. The van der Waals surface area contributed by atoms with Crippen LogP contribution in [0.5, 0.6) is 17.2 Å². The van der Waals surface area contributed by atoms with Gasteiger partial charge >= 0.3 is 0 Å². The number of nitrogens with zero attached hydrogens (tertiary/aromatic N) is 3. The molecular formula is C29H26BrCl2N5O4. The Labute approximate surface area is 255 Å². The fraction of sp³-hybridized carbons (Fsp3) is 0.207. The van der Waals surface area contributed by atoms with E-state index in [4.69, 9.17) is 37.4 Å². The highest BCUT2D eigenvalue weighted by Crippen LogP contribution is 2.43. The summed E-state index contributed by atoms with van der Waals surface area (Å²) in [6.45, 7) is 4.37. The van der Waals surface area contributed by atoms with Crippen LogP contribution in [0.1, 0.15) is 31.0 Å². The topological polar surface area (TPSA) is 99.5 Å². The van der Waals surface area contributed by atoms with E-state index in [-0.39, 0.29) is 12.5 Å². The zero-order valence-corrected chi connectivity index (χ0v) is 25.5. The quantitative estimate of drug-likeness (QED) is 0.195. The van der Waals surface area contributed by atoms with Crippen LogP contribution in [0.15, 0.2) is 76.7 Å². The van der Waals surface area contributed by atoms with Crippen molar-refractivity contribution >= 4 is 56.7 Å². The molecule has 1 aliphatic heterocycles. The molecule has 0 spiro atoms. The van der Waals surface area contributed by atoms with Crippen LogP contribution in [0, 0.1) is 0 Å². The van der Waals surface area contributed by atoms with Gasteiger partial charge in [0.25, 0.3) is 5.91 Å². The average Bonchev–Trinajstić information content (AvgIpc) is 3.41. The fourth-order valence-corrected chi connectivity index (χ4v) is 5.60. The van der Waals surface area contributed by atoms with E-state index in [9.17, 15) is 4.79 Å². The summed E-state index contributed by atoms with van der Waals surface area (Å²) in [6, 6.07) is 15.6. The Morgan fingerprint density at radius 2 is 1.93 bits per heavy atom. The molecule has 9 nitrogen and oxygen atoms in total. The first-order valence-corrected chi connectivity index (χ1v) is 14.2. The first-order valence-electron chi connectivity index (χ1n) is 12.6. The highest BCUT2D eigenvalue weighted by molar-refractivity contribution is 9.10. The molecule has 0 fully saturated rings. The Morgan fingerprint density at radius 3 is 2.68 bits per heavy atom. The van der Waals surface area contributed by atoms with Crippen LogP contribution in [-0.4, -0.2) is 34.4 Å². The molecule has 3 aromatic carbocycles. The van der Waals surface area contributed by atoms with Crippen LogP contribution in [0.4, 0.5) is 11.6 Å². The summed E-state index contributed by atoms with van der Waals surface area (Å²) in [5.41, 5.74) is 3.14. The molecule has 2 heterocycles. The lowest BCUT2D eigenvalue weighted by Crippen LogP contribution is -2.31. The van der Waals surface area contributed by atoms with Crippen molar-refractivity contribution in [3.8, 4) is 17.2 Å². The second kappa shape index (κ2) is 12.4. The molecule has 0 radical (unpaired) electrons. The average molecular weight is 659 g/mol. The third-order valence-corrected chi connectivity index (χ3v) is 7.60. The molecule has 12 heteroatoms. The van der Waals surface area contributed by atoms with Gasteiger partial charge in [-0.3, -0.25) is 4.79 Å². The van der Waals surface area contributed by atoms with Crippen LogP contribution in [0.3, 0.4) is 0 Å². The maximum atomic E-state index is 13.9. The number of hydrogen-bond acceptors (Lipinski definition) is 7. The Bertz CT molecular complexity index is 1640. The standard InChI is InChI=1S/C29H26BrCl2N5O4/c1-4-40-23-8-6-5-7-22(23)36-28(38)25-16(2)35-29-33-15-34-37(29)26(25)18-11-20(30)27(24(12-18)39-3)41-14-17-9-10-19(31)13-21(17)32/h5-13,15,26H,4,14H2,1-3H3,(H,36,38)(H,33,34,35). The van der Waals surface area contributed by atoms with E-state index in [1.807, 2.05) is 50.2 Å². The zero-order valence-electron chi connectivity index (χ0n) is 22.4. The Hall–Kier alpha value is -3.73. The lowest BCUT2D eigenvalue weighted by Gasteiger charge is -2.29. The van der Waals surface area contributed by atoms with Crippen molar-refractivity contribution < 1.29 is 19.0 Å². The normalized spacial score (nSPS) is 14.2. The van der Waals surface area contributed by atoms with E-state index in [0.29, 0.717) is 61.3 Å². The fourth-order valence-electron chi connectivity index (χ4n) is 4.56. The molecule has 1 amide bonds. The summed E-state index contributed by atoms with van der Waals surface area (Å²) < 4.78 is 19.8. The van der Waals surface area contributed by atoms with Crippen LogP contribution in [0.2, 0.25) is 10.0 Å². The van der Waals surface area contributed by atoms with E-state index in [1.54, 1.807) is 30.0 Å². The third-order valence-electron chi connectivity index (χ3n) is 6.43. The van der Waals surface area contributed by atoms with Crippen molar-refractivity contribution in [1.82, 2.24) is 14.8 Å². The SMILES string of the molecule is CCOc1ccccc1NC(=O)C1=C(C)Nc2ncnn2C1c1cc(Br)c(OCc2ccc(Cl)cc2Cl)c(OC)c1. The molecular weight excluding hydrogens is 633 g/mol. The molecule has 1 atom stereocenters. The van der Waals surface area contributed by atoms with E-state index < -0.39 is 6.04 Å². The number of methoxy groups -OCH3 is 1. The number of carbonyl (C=O) groups excluding carboxylic acids is 1. The number of anilines is 2. The monoisotopic (exact) mass is 657 g/mol. The van der Waals surface area contributed by atoms with Crippen LogP contribution in [0.25, 0.3) is 0 Å². The van der Waals surface area contributed by atoms with Crippen molar-refractivity contribution in [3.63, 3.8) is 0 Å². The molecule has 0 saturated heterocycles. The summed E-state index contributed by atoms with van der Waals surface area (Å²) >= 11 is 16.0. The summed E-state index contributed by atoms with van der Waals surface area (Å²) in [5.74, 6) is 1.70. The number of carbonyl (C=O) groups is 1. The maximum absolute atomic E-state index is 13.9. The molecule has 1 unspecified atom stereocenters. The summed E-state index contributed by atoms with van der Waals surface area (Å²) in [7, 11) is 1.55. The zero-order chi connectivity index (χ0) is 29.1. The minimum absolute atomic E-state index is 0.191. The van der Waals surface area contributed by atoms with Gasteiger partial charge in [-0.05, 0) is 71.7 Å². The molecule has 0 bridgehead atoms. The number of nitrogens with one attached hydrogen (secondary N) is 2. The number of para-hydroxylation sites is 2. The van der Waals surface area contributed by atoms with Gasteiger partial charge in [0.1, 0.15) is 24.7 Å². The lowest BCUT2D eigenvalue weighted by molar-refractivity contribution is -0.113. The minimum Gasteiger partial charge on any atom is -0.493 e. The molecule has 212 valence electrons. The van der Waals surface area contributed by atoms with Gasteiger partial charge in [0.05, 0.1) is 29.4 Å². The Balaban J connectivity index is 1.51. The van der Waals surface area contributed by atoms with Gasteiger partial charge in [0.15, 0.2) is 11.5 Å². The van der Waals surface area contributed by atoms with Crippen LogP contribution in [-0.2, 0) is 11.4 Å². The molecule has 1 aliphatic rings. The minimum atomic E-state index is -0.627. The highest BCUT2D eigenvalue weighted by atomic mass is 79.9. The van der Waals surface area contributed by atoms with E-state index in [1.165, 1.54) is 6.33 Å². The molecule has 2 N–H and O–H groups in total. The highest BCUT2D eigenvalue weighted by Gasteiger charge is 2.35. The number of amides is 1. The van der Waals surface area contributed by atoms with Crippen molar-refractivity contribution in [1.29, 1.82) is 0 Å². The maximum Gasteiger partial charge on any atom is 0.255 e. The van der Waals surface area contributed by atoms with Gasteiger partial charge in [-0.1, -0.05) is 41.4 Å². The van der Waals surface area contributed by atoms with Crippen molar-refractivity contribution in [3.05, 3.63) is 97.8 Å². The molecule has 5 rings (SSSR count). The van der Waals surface area contributed by atoms with Crippen LogP contribution >= 0.6 is 39.1 Å². The predicted molar refractivity (Wildman–Crippen MR) is 162 cm³/mol. The van der Waals surface area contributed by atoms with E-state index >= 15 is 0 Å². The molecule has 4 aromatic rings.